The summed E-state index contributed by atoms with van der Waals surface area (Å²) < 4.78 is 13.3. The Hall–Kier alpha value is -4.67. The van der Waals surface area contributed by atoms with E-state index >= 15 is 0 Å². The summed E-state index contributed by atoms with van der Waals surface area (Å²) in [7, 11) is 0. The van der Waals surface area contributed by atoms with E-state index in [1.807, 2.05) is 96.3 Å². The number of fused-ring (bicyclic) bond motifs is 1. The third-order valence-electron chi connectivity index (χ3n) is 8.96. The van der Waals surface area contributed by atoms with Crippen molar-refractivity contribution < 1.29 is 19.1 Å². The molecule has 2 amide bonds. The molecular weight excluding hydrogens is 618 g/mol. The minimum atomic E-state index is -0.697. The van der Waals surface area contributed by atoms with Gasteiger partial charge in [0.15, 0.2) is 5.65 Å². The third kappa shape index (κ3) is 8.50. The molecule has 49 heavy (non-hydrogen) atoms. The third-order valence-corrected chi connectivity index (χ3v) is 8.96. The van der Waals surface area contributed by atoms with Crippen molar-refractivity contribution in [1.29, 1.82) is 0 Å². The lowest BCUT2D eigenvalue weighted by Crippen LogP contribution is -2.46. The van der Waals surface area contributed by atoms with E-state index in [2.05, 4.69) is 17.2 Å². The summed E-state index contributed by atoms with van der Waals surface area (Å²) in [6, 6.07) is 15.8. The van der Waals surface area contributed by atoms with Crippen molar-refractivity contribution >= 4 is 29.5 Å². The van der Waals surface area contributed by atoms with Crippen LogP contribution in [-0.2, 0) is 16.0 Å². The van der Waals surface area contributed by atoms with Crippen LogP contribution in [0.15, 0.2) is 60.9 Å². The van der Waals surface area contributed by atoms with Gasteiger partial charge in [0.2, 0.25) is 0 Å². The molecule has 11 heteroatoms. The van der Waals surface area contributed by atoms with Crippen molar-refractivity contribution in [2.45, 2.75) is 97.8 Å². The van der Waals surface area contributed by atoms with E-state index in [0.29, 0.717) is 37.2 Å². The number of nitrogens with zero attached hydrogens (tertiary/aromatic N) is 6. The molecule has 6 rings (SSSR count). The normalized spacial score (nSPS) is 16.3. The standard InChI is InChI=1S/C38H49N7O4/c1-36(2,3)48-34(46)43-20-17-38(7,18-21-43)25-40-31-22-32(45-33(42-31)29(23-41-45)27-15-16-27)44(35(47)49-37(4,5)6)24-26-11-13-28(14-12-26)30-10-8-9-19-39-30/h8-14,19,22-23,27H,15-18,20-21,24-25H2,1-7H3,(H,40,42). The van der Waals surface area contributed by atoms with E-state index in [1.165, 1.54) is 0 Å². The number of carbonyl (C=O) groups excluding carboxylic acids is 2. The fourth-order valence-corrected chi connectivity index (χ4v) is 6.02. The maximum Gasteiger partial charge on any atom is 0.416 e. The van der Waals surface area contributed by atoms with Gasteiger partial charge in [-0.15, -0.1) is 0 Å². The molecule has 1 N–H and O–H groups in total. The van der Waals surface area contributed by atoms with Gasteiger partial charge in [-0.2, -0.15) is 9.61 Å². The van der Waals surface area contributed by atoms with Gasteiger partial charge in [-0.25, -0.2) is 14.6 Å². The number of amides is 2. The Bertz CT molecular complexity index is 1780. The number of hydrogen-bond donors (Lipinski definition) is 1. The number of nitrogens with one attached hydrogen (secondary N) is 1. The second kappa shape index (κ2) is 13.3. The summed E-state index contributed by atoms with van der Waals surface area (Å²) >= 11 is 0. The van der Waals surface area contributed by atoms with Crippen LogP contribution in [0.3, 0.4) is 0 Å². The number of anilines is 2. The van der Waals surface area contributed by atoms with E-state index in [1.54, 1.807) is 20.5 Å². The highest BCUT2D eigenvalue weighted by atomic mass is 16.6. The van der Waals surface area contributed by atoms with Gasteiger partial charge in [0.25, 0.3) is 0 Å². The number of ether oxygens (including phenoxy) is 2. The van der Waals surface area contributed by atoms with E-state index in [9.17, 15) is 9.59 Å². The van der Waals surface area contributed by atoms with Crippen LogP contribution in [0, 0.1) is 5.41 Å². The highest BCUT2D eigenvalue weighted by Gasteiger charge is 2.35. The van der Waals surface area contributed by atoms with Gasteiger partial charge in [0.1, 0.15) is 22.8 Å². The van der Waals surface area contributed by atoms with Crippen molar-refractivity contribution in [2.24, 2.45) is 5.41 Å². The van der Waals surface area contributed by atoms with Crippen LogP contribution >= 0.6 is 0 Å². The summed E-state index contributed by atoms with van der Waals surface area (Å²) in [5.41, 5.74) is 3.37. The number of benzene rings is 1. The molecule has 1 aromatic carbocycles. The van der Waals surface area contributed by atoms with Crippen LogP contribution in [0.25, 0.3) is 16.9 Å². The molecule has 260 valence electrons. The van der Waals surface area contributed by atoms with Crippen LogP contribution in [0.1, 0.15) is 91.2 Å². The van der Waals surface area contributed by atoms with Gasteiger partial charge >= 0.3 is 12.2 Å². The molecule has 0 spiro atoms. The predicted octanol–water partition coefficient (Wildman–Crippen LogP) is 8.06. The van der Waals surface area contributed by atoms with Crippen LogP contribution < -0.4 is 10.2 Å². The Morgan fingerprint density at radius 2 is 1.67 bits per heavy atom. The molecule has 4 aromatic rings. The predicted molar refractivity (Wildman–Crippen MR) is 191 cm³/mol. The van der Waals surface area contributed by atoms with E-state index in [4.69, 9.17) is 19.6 Å². The summed E-state index contributed by atoms with van der Waals surface area (Å²) in [5, 5.41) is 8.35. The SMILES string of the molecule is CC1(CNc2cc(N(Cc3ccc(-c4ccccn4)cc3)C(=O)OC(C)(C)C)n3ncc(C4CC4)c3n2)CCN(C(=O)OC(C)(C)C)CC1. The molecule has 0 radical (unpaired) electrons. The number of aromatic nitrogens is 4. The van der Waals surface area contributed by atoms with Crippen molar-refractivity contribution in [1.82, 2.24) is 24.5 Å². The molecule has 1 aliphatic carbocycles. The molecule has 1 saturated carbocycles. The smallest absolute Gasteiger partial charge is 0.416 e. The topological polar surface area (TPSA) is 114 Å². The molecule has 0 atom stereocenters. The minimum Gasteiger partial charge on any atom is -0.444 e. The molecule has 3 aromatic heterocycles. The molecule has 11 nitrogen and oxygen atoms in total. The van der Waals surface area contributed by atoms with Gasteiger partial charge < -0.3 is 19.7 Å². The zero-order chi connectivity index (χ0) is 35.0. The maximum absolute atomic E-state index is 14.0. The van der Waals surface area contributed by atoms with Gasteiger partial charge in [0, 0.05) is 43.0 Å². The number of piperidine rings is 1. The van der Waals surface area contributed by atoms with Crippen molar-refractivity contribution in [3.8, 4) is 11.3 Å². The first-order chi connectivity index (χ1) is 23.2. The number of likely N-dealkylation sites (tertiary alicyclic amines) is 1. The first-order valence-corrected chi connectivity index (χ1v) is 17.3. The maximum atomic E-state index is 14.0. The zero-order valence-electron chi connectivity index (χ0n) is 29.8. The monoisotopic (exact) mass is 667 g/mol. The van der Waals surface area contributed by atoms with Gasteiger partial charge in [-0.3, -0.25) is 9.88 Å². The highest BCUT2D eigenvalue weighted by molar-refractivity contribution is 5.88. The molecule has 2 aliphatic rings. The Balaban J connectivity index is 1.28. The fraction of sp³-hybridized carbons (Fsp3) is 0.500. The fourth-order valence-electron chi connectivity index (χ4n) is 6.02. The average molecular weight is 668 g/mol. The summed E-state index contributed by atoms with van der Waals surface area (Å²) in [6.45, 7) is 15.7. The van der Waals surface area contributed by atoms with Gasteiger partial charge in [-0.1, -0.05) is 37.3 Å². The Morgan fingerprint density at radius 1 is 0.980 bits per heavy atom. The lowest BCUT2D eigenvalue weighted by molar-refractivity contribution is 0.0130. The van der Waals surface area contributed by atoms with Crippen molar-refractivity contribution in [2.75, 3.05) is 29.9 Å². The van der Waals surface area contributed by atoms with Crippen LogP contribution in [-0.4, -0.2) is 67.5 Å². The van der Waals surface area contributed by atoms with Crippen LogP contribution in [0.4, 0.5) is 21.2 Å². The van der Waals surface area contributed by atoms with E-state index in [0.717, 1.165) is 53.7 Å². The van der Waals surface area contributed by atoms with Crippen LogP contribution in [0.5, 0.6) is 0 Å². The van der Waals surface area contributed by atoms with Crippen molar-refractivity contribution in [3.05, 3.63) is 72.1 Å². The molecular formula is C38H49N7O4. The Kier molecular flexibility index (Phi) is 9.30. The van der Waals surface area contributed by atoms with E-state index < -0.39 is 17.3 Å². The molecule has 0 unspecified atom stereocenters. The number of pyridine rings is 1. The highest BCUT2D eigenvalue weighted by Crippen LogP contribution is 2.42. The summed E-state index contributed by atoms with van der Waals surface area (Å²) in [5.74, 6) is 1.66. The molecule has 4 heterocycles. The van der Waals surface area contributed by atoms with Crippen LogP contribution in [0.2, 0.25) is 0 Å². The number of rotatable bonds is 8. The molecule has 1 saturated heterocycles. The van der Waals surface area contributed by atoms with Gasteiger partial charge in [-0.05, 0) is 96.3 Å². The number of hydrogen-bond acceptors (Lipinski definition) is 8. The molecule has 0 bridgehead atoms. The first-order valence-electron chi connectivity index (χ1n) is 17.3. The quantitative estimate of drug-likeness (QED) is 0.201. The zero-order valence-corrected chi connectivity index (χ0v) is 29.8. The van der Waals surface area contributed by atoms with Gasteiger partial charge in [0.05, 0.1) is 18.4 Å². The summed E-state index contributed by atoms with van der Waals surface area (Å²) in [6.07, 6.45) is 6.78. The average Bonchev–Trinajstić information content (AvgIpc) is 3.80. The molecule has 1 aliphatic heterocycles. The largest absolute Gasteiger partial charge is 0.444 e. The second-order valence-electron chi connectivity index (χ2n) is 15.7. The van der Waals surface area contributed by atoms with E-state index in [-0.39, 0.29) is 18.1 Å². The minimum absolute atomic E-state index is 0.0632. The van der Waals surface area contributed by atoms with Crippen molar-refractivity contribution in [3.63, 3.8) is 0 Å². The number of carbonyl (C=O) groups is 2. The Morgan fingerprint density at radius 3 is 2.29 bits per heavy atom. The molecule has 2 fully saturated rings. The second-order valence-corrected chi connectivity index (χ2v) is 15.7. The first kappa shape index (κ1) is 34.2. The lowest BCUT2D eigenvalue weighted by atomic mass is 9.80. The summed E-state index contributed by atoms with van der Waals surface area (Å²) in [4.78, 5) is 39.6. The lowest BCUT2D eigenvalue weighted by Gasteiger charge is -2.40. The Labute approximate surface area is 289 Å².